The number of nitrogens with zero attached hydrogens (tertiary/aromatic N) is 4. The quantitative estimate of drug-likeness (QED) is 0.821. The fourth-order valence-corrected chi connectivity index (χ4v) is 2.34. The van der Waals surface area contributed by atoms with Gasteiger partial charge in [-0.2, -0.15) is 5.10 Å². The minimum Gasteiger partial charge on any atom is -0.337 e. The van der Waals surface area contributed by atoms with Gasteiger partial charge in [0.15, 0.2) is 11.6 Å². The molecule has 0 aliphatic carbocycles. The fraction of sp³-hybridized carbons (Fsp3) is 0.333. The lowest BCUT2D eigenvalue weighted by molar-refractivity contribution is -0.120. The van der Waals surface area contributed by atoms with Gasteiger partial charge in [-0.1, -0.05) is 0 Å². The van der Waals surface area contributed by atoms with Crippen molar-refractivity contribution < 1.29 is 9.18 Å². The molecule has 1 aliphatic rings. The van der Waals surface area contributed by atoms with E-state index in [9.17, 15) is 9.18 Å². The summed E-state index contributed by atoms with van der Waals surface area (Å²) in [6.07, 6.45) is 3.76. The molecule has 2 aromatic rings. The zero-order valence-electron chi connectivity index (χ0n) is 10.3. The number of rotatable bonds is 2. The molecule has 0 spiro atoms. The second-order valence-corrected chi connectivity index (χ2v) is 4.46. The number of aromatic nitrogens is 4. The van der Waals surface area contributed by atoms with Gasteiger partial charge in [0.2, 0.25) is 6.41 Å². The highest BCUT2D eigenvalue weighted by molar-refractivity contribution is 5.59. The number of H-pyrrole nitrogens is 1. The van der Waals surface area contributed by atoms with Crippen LogP contribution in [-0.2, 0) is 11.2 Å². The molecular formula is C12H12FN5O. The number of aromatic amines is 1. The number of amides is 1. The number of hydrogen-bond acceptors (Lipinski definition) is 4. The number of carbonyl (C=O) groups is 1. The van der Waals surface area contributed by atoms with E-state index >= 15 is 0 Å². The van der Waals surface area contributed by atoms with Crippen molar-refractivity contribution in [3.8, 4) is 11.5 Å². The Bertz CT molecular complexity index is 609. The van der Waals surface area contributed by atoms with Crippen LogP contribution in [0.15, 0.2) is 12.4 Å². The van der Waals surface area contributed by atoms with Crippen molar-refractivity contribution in [1.82, 2.24) is 25.1 Å². The Morgan fingerprint density at radius 1 is 1.47 bits per heavy atom. The predicted octanol–water partition coefficient (Wildman–Crippen LogP) is 1.08. The predicted molar refractivity (Wildman–Crippen MR) is 64.5 cm³/mol. The molecule has 2 aromatic heterocycles. The Morgan fingerprint density at radius 2 is 2.21 bits per heavy atom. The first-order chi connectivity index (χ1) is 9.20. The molecule has 0 saturated carbocycles. The number of hydrogen-bond donors (Lipinski definition) is 1. The highest BCUT2D eigenvalue weighted by atomic mass is 19.1. The monoisotopic (exact) mass is 261 g/mol. The summed E-state index contributed by atoms with van der Waals surface area (Å²) in [6.45, 7) is 2.56. The molecule has 1 amide bonds. The van der Waals surface area contributed by atoms with Crippen LogP contribution >= 0.6 is 0 Å². The number of halogens is 1. The summed E-state index contributed by atoms with van der Waals surface area (Å²) in [7, 11) is 0. The van der Waals surface area contributed by atoms with Gasteiger partial charge in [-0.15, -0.1) is 0 Å². The second kappa shape index (κ2) is 4.42. The topological polar surface area (TPSA) is 74.8 Å². The Balaban J connectivity index is 2.02. The standard InChI is InChI=1S/C12H12FN5O/c1-7-10-9(2-3-18(7)6-19)11(17-16-10)12-14-4-8(13)5-15-12/h4-7H,2-3H2,1H3,(H,16,17). The summed E-state index contributed by atoms with van der Waals surface area (Å²) >= 11 is 0. The summed E-state index contributed by atoms with van der Waals surface area (Å²) < 4.78 is 12.8. The van der Waals surface area contributed by atoms with Crippen molar-refractivity contribution in [3.63, 3.8) is 0 Å². The smallest absolute Gasteiger partial charge is 0.210 e. The van der Waals surface area contributed by atoms with Crippen LogP contribution in [0.1, 0.15) is 24.2 Å². The van der Waals surface area contributed by atoms with Crippen LogP contribution in [0.2, 0.25) is 0 Å². The van der Waals surface area contributed by atoms with Gasteiger partial charge in [0.1, 0.15) is 5.69 Å². The third-order valence-electron chi connectivity index (χ3n) is 3.40. The van der Waals surface area contributed by atoms with Gasteiger partial charge in [0.05, 0.1) is 24.1 Å². The van der Waals surface area contributed by atoms with Crippen molar-refractivity contribution in [1.29, 1.82) is 0 Å². The molecular weight excluding hydrogens is 249 g/mol. The summed E-state index contributed by atoms with van der Waals surface area (Å²) in [6, 6.07) is -0.0528. The minimum atomic E-state index is -0.478. The van der Waals surface area contributed by atoms with Crippen LogP contribution in [0.4, 0.5) is 4.39 Å². The highest BCUT2D eigenvalue weighted by Gasteiger charge is 2.28. The first kappa shape index (κ1) is 11.8. The first-order valence-electron chi connectivity index (χ1n) is 5.97. The van der Waals surface area contributed by atoms with Crippen molar-refractivity contribution >= 4 is 6.41 Å². The second-order valence-electron chi connectivity index (χ2n) is 4.46. The molecule has 0 radical (unpaired) electrons. The van der Waals surface area contributed by atoms with Crippen LogP contribution in [0.5, 0.6) is 0 Å². The van der Waals surface area contributed by atoms with Gasteiger partial charge >= 0.3 is 0 Å². The molecule has 1 N–H and O–H groups in total. The van der Waals surface area contributed by atoms with Crippen molar-refractivity contribution in [3.05, 3.63) is 29.5 Å². The average molecular weight is 261 g/mol. The van der Waals surface area contributed by atoms with E-state index in [2.05, 4.69) is 20.2 Å². The summed E-state index contributed by atoms with van der Waals surface area (Å²) in [5.41, 5.74) is 2.52. The van der Waals surface area contributed by atoms with Gasteiger partial charge < -0.3 is 4.90 Å². The van der Waals surface area contributed by atoms with E-state index in [-0.39, 0.29) is 6.04 Å². The third kappa shape index (κ3) is 1.87. The Hall–Kier alpha value is -2.31. The molecule has 1 atom stereocenters. The van der Waals surface area contributed by atoms with Crippen LogP contribution in [0, 0.1) is 5.82 Å². The largest absolute Gasteiger partial charge is 0.337 e. The summed E-state index contributed by atoms with van der Waals surface area (Å²) in [5, 5.41) is 7.13. The lowest BCUT2D eigenvalue weighted by atomic mass is 9.99. The number of nitrogens with one attached hydrogen (secondary N) is 1. The number of carbonyl (C=O) groups excluding carboxylic acids is 1. The maximum atomic E-state index is 12.8. The van der Waals surface area contributed by atoms with Crippen molar-refractivity contribution in [2.75, 3.05) is 6.54 Å². The Kier molecular flexibility index (Phi) is 2.73. The molecule has 0 fully saturated rings. The molecule has 3 rings (SSSR count). The van der Waals surface area contributed by atoms with Crippen molar-refractivity contribution in [2.45, 2.75) is 19.4 Å². The van der Waals surface area contributed by atoms with Crippen LogP contribution < -0.4 is 0 Å². The zero-order valence-corrected chi connectivity index (χ0v) is 10.3. The van der Waals surface area contributed by atoms with Gasteiger partial charge in [-0.3, -0.25) is 9.89 Å². The number of fused-ring (bicyclic) bond motifs is 1. The maximum Gasteiger partial charge on any atom is 0.210 e. The van der Waals surface area contributed by atoms with E-state index in [0.717, 1.165) is 30.1 Å². The van der Waals surface area contributed by atoms with Gasteiger partial charge in [-0.05, 0) is 13.3 Å². The van der Waals surface area contributed by atoms with Gasteiger partial charge in [0, 0.05) is 12.1 Å². The molecule has 98 valence electrons. The van der Waals surface area contributed by atoms with E-state index in [0.29, 0.717) is 24.5 Å². The normalized spacial score (nSPS) is 18.2. The van der Waals surface area contributed by atoms with E-state index in [1.165, 1.54) is 0 Å². The van der Waals surface area contributed by atoms with Gasteiger partial charge in [0.25, 0.3) is 0 Å². The minimum absolute atomic E-state index is 0.0528. The molecule has 1 unspecified atom stereocenters. The SMILES string of the molecule is CC1c2[nH]nc(-c3ncc(F)cn3)c2CCN1C=O. The summed E-state index contributed by atoms with van der Waals surface area (Å²) in [4.78, 5) is 20.5. The Labute approximate surface area is 108 Å². The van der Waals surface area contributed by atoms with Crippen LogP contribution in [0.3, 0.4) is 0 Å². The van der Waals surface area contributed by atoms with Crippen molar-refractivity contribution in [2.24, 2.45) is 0 Å². The Morgan fingerprint density at radius 3 is 2.89 bits per heavy atom. The lowest BCUT2D eigenvalue weighted by Crippen LogP contribution is -2.32. The average Bonchev–Trinajstić information content (AvgIpc) is 2.85. The van der Waals surface area contributed by atoms with Crippen LogP contribution in [-0.4, -0.2) is 38.0 Å². The fourth-order valence-electron chi connectivity index (χ4n) is 2.34. The van der Waals surface area contributed by atoms with Gasteiger partial charge in [-0.25, -0.2) is 14.4 Å². The first-order valence-corrected chi connectivity index (χ1v) is 5.97. The maximum absolute atomic E-state index is 12.8. The molecule has 7 heteroatoms. The van der Waals surface area contributed by atoms with E-state index in [4.69, 9.17) is 0 Å². The molecule has 3 heterocycles. The van der Waals surface area contributed by atoms with E-state index in [1.54, 1.807) is 4.90 Å². The van der Waals surface area contributed by atoms with E-state index in [1.807, 2.05) is 6.92 Å². The summed E-state index contributed by atoms with van der Waals surface area (Å²) in [5.74, 6) is -0.0840. The molecule has 0 aromatic carbocycles. The molecule has 0 bridgehead atoms. The molecule has 1 aliphatic heterocycles. The molecule has 19 heavy (non-hydrogen) atoms. The molecule has 6 nitrogen and oxygen atoms in total. The third-order valence-corrected chi connectivity index (χ3v) is 3.40. The zero-order chi connectivity index (χ0) is 13.4. The van der Waals surface area contributed by atoms with Crippen LogP contribution in [0.25, 0.3) is 11.5 Å². The van der Waals surface area contributed by atoms with E-state index < -0.39 is 5.82 Å². The highest BCUT2D eigenvalue weighted by Crippen LogP contribution is 2.31. The lowest BCUT2D eigenvalue weighted by Gasteiger charge is -2.29. The molecule has 0 saturated heterocycles.